The van der Waals surface area contributed by atoms with E-state index in [1.54, 1.807) is 6.07 Å². The Labute approximate surface area is 197 Å². The molecule has 0 atom stereocenters. The minimum Gasteiger partial charge on any atom is -0.383 e. The number of anilines is 4. The summed E-state index contributed by atoms with van der Waals surface area (Å²) in [5, 5.41) is 21.3. The Morgan fingerprint density at radius 2 is 2.03 bits per heavy atom. The Morgan fingerprint density at radius 3 is 2.85 bits per heavy atom. The van der Waals surface area contributed by atoms with Crippen LogP contribution in [0.2, 0.25) is 0 Å². The molecule has 3 aromatic rings. The molecular formula is C25H28FN7O. The summed E-state index contributed by atoms with van der Waals surface area (Å²) in [6.07, 6.45) is 4.84. The molecule has 3 aliphatic rings. The van der Waals surface area contributed by atoms with Crippen LogP contribution in [-0.2, 0) is 25.1 Å². The van der Waals surface area contributed by atoms with Gasteiger partial charge in [0, 0.05) is 37.1 Å². The number of pyridine rings is 1. The van der Waals surface area contributed by atoms with E-state index in [2.05, 4.69) is 44.7 Å². The van der Waals surface area contributed by atoms with Crippen molar-refractivity contribution >= 4 is 23.3 Å². The van der Waals surface area contributed by atoms with Gasteiger partial charge in [-0.1, -0.05) is 13.0 Å². The van der Waals surface area contributed by atoms with E-state index < -0.39 is 11.4 Å². The lowest BCUT2D eigenvalue weighted by Gasteiger charge is -2.29. The predicted octanol–water partition coefficient (Wildman–Crippen LogP) is 3.66. The average molecular weight is 462 g/mol. The predicted molar refractivity (Wildman–Crippen MR) is 127 cm³/mol. The van der Waals surface area contributed by atoms with E-state index in [1.165, 1.54) is 17.2 Å². The summed E-state index contributed by atoms with van der Waals surface area (Å²) in [5.74, 6) is 1.30. The molecule has 1 aliphatic carbocycles. The summed E-state index contributed by atoms with van der Waals surface area (Å²) >= 11 is 0. The van der Waals surface area contributed by atoms with Crippen molar-refractivity contribution in [3.05, 3.63) is 64.7 Å². The highest BCUT2D eigenvalue weighted by Crippen LogP contribution is 2.46. The summed E-state index contributed by atoms with van der Waals surface area (Å²) in [6.45, 7) is 5.43. The molecule has 8 nitrogen and oxygen atoms in total. The van der Waals surface area contributed by atoms with Gasteiger partial charge in [0.1, 0.15) is 22.9 Å². The molecule has 0 amide bonds. The zero-order valence-corrected chi connectivity index (χ0v) is 19.2. The van der Waals surface area contributed by atoms with Crippen LogP contribution in [0.25, 0.3) is 0 Å². The van der Waals surface area contributed by atoms with Gasteiger partial charge in [0.05, 0.1) is 0 Å². The lowest BCUT2D eigenvalue weighted by Crippen LogP contribution is -2.35. The highest BCUT2D eigenvalue weighted by atomic mass is 19.1. The topological polar surface area (TPSA) is 89.4 Å². The van der Waals surface area contributed by atoms with Crippen LogP contribution >= 0.6 is 0 Å². The zero-order chi connectivity index (χ0) is 23.3. The Hall–Kier alpha value is -3.14. The van der Waals surface area contributed by atoms with Crippen LogP contribution in [0.4, 0.5) is 27.7 Å². The molecule has 2 aliphatic heterocycles. The molecule has 0 bridgehead atoms. The fourth-order valence-electron chi connectivity index (χ4n) is 4.76. The van der Waals surface area contributed by atoms with Crippen LogP contribution < -0.4 is 15.6 Å². The first-order valence-electron chi connectivity index (χ1n) is 11.9. The fourth-order valence-corrected chi connectivity index (χ4v) is 4.76. The van der Waals surface area contributed by atoms with Crippen molar-refractivity contribution in [2.24, 2.45) is 0 Å². The number of hydrazine groups is 1. The van der Waals surface area contributed by atoms with Crippen LogP contribution in [0.5, 0.6) is 0 Å². The van der Waals surface area contributed by atoms with Crippen molar-refractivity contribution in [1.82, 2.24) is 25.3 Å². The normalized spacial score (nSPS) is 18.5. The number of hydrogen-bond donors (Lipinski definition) is 3. The number of nitrogens with zero attached hydrogens (tertiary/aromatic N) is 5. The van der Waals surface area contributed by atoms with Gasteiger partial charge in [0.25, 0.3) is 0 Å². The highest BCUT2D eigenvalue weighted by Gasteiger charge is 2.46. The second kappa shape index (κ2) is 8.26. The molecule has 0 unspecified atom stereocenters. The van der Waals surface area contributed by atoms with E-state index in [0.717, 1.165) is 49.5 Å². The molecule has 1 fully saturated rings. The molecule has 2 aromatic heterocycles. The maximum Gasteiger partial charge on any atom is 0.229 e. The second-order valence-electron chi connectivity index (χ2n) is 9.31. The van der Waals surface area contributed by atoms with Gasteiger partial charge in [0.2, 0.25) is 5.95 Å². The molecule has 0 spiro atoms. The van der Waals surface area contributed by atoms with E-state index in [-0.39, 0.29) is 5.69 Å². The minimum absolute atomic E-state index is 0.117. The quantitative estimate of drug-likeness (QED) is 0.513. The first-order chi connectivity index (χ1) is 16.5. The fraction of sp³-hybridized carbons (Fsp3) is 0.400. The number of rotatable bonds is 6. The summed E-state index contributed by atoms with van der Waals surface area (Å²) in [4.78, 5) is 13.9. The second-order valence-corrected chi connectivity index (χ2v) is 9.31. The van der Waals surface area contributed by atoms with Crippen molar-refractivity contribution in [2.75, 3.05) is 23.4 Å². The molecule has 4 heterocycles. The lowest BCUT2D eigenvalue weighted by atomic mass is 10.0. The third kappa shape index (κ3) is 3.79. The third-order valence-corrected chi connectivity index (χ3v) is 6.72. The number of halogens is 1. The molecule has 176 valence electrons. The van der Waals surface area contributed by atoms with E-state index >= 15 is 0 Å². The molecular weight excluding hydrogens is 433 g/mol. The summed E-state index contributed by atoms with van der Waals surface area (Å²) in [7, 11) is 0. The highest BCUT2D eigenvalue weighted by molar-refractivity contribution is 5.65. The average Bonchev–Trinajstić information content (AvgIpc) is 3.49. The van der Waals surface area contributed by atoms with Crippen molar-refractivity contribution in [3.8, 4) is 0 Å². The number of nitrogens with one attached hydrogen (secondary N) is 2. The van der Waals surface area contributed by atoms with Gasteiger partial charge in [-0.2, -0.15) is 4.98 Å². The van der Waals surface area contributed by atoms with Gasteiger partial charge in [-0.25, -0.2) is 24.4 Å². The van der Waals surface area contributed by atoms with Crippen LogP contribution in [0.15, 0.2) is 36.5 Å². The van der Waals surface area contributed by atoms with Gasteiger partial charge in [-0.3, -0.25) is 0 Å². The minimum atomic E-state index is -1.15. The van der Waals surface area contributed by atoms with E-state index in [0.29, 0.717) is 31.2 Å². The summed E-state index contributed by atoms with van der Waals surface area (Å²) in [6, 6.07) is 9.39. The first-order valence-corrected chi connectivity index (χ1v) is 11.9. The SMILES string of the molecule is CCCN1Cc2cnc(Nc3ccc4c(c3)CCNC4)nc2N1c1ccc(F)c(C2(O)CC2)n1. The van der Waals surface area contributed by atoms with Gasteiger partial charge in [-0.05, 0) is 67.6 Å². The number of aliphatic hydroxyl groups is 1. The molecule has 34 heavy (non-hydrogen) atoms. The van der Waals surface area contributed by atoms with Gasteiger partial charge in [-0.15, -0.1) is 0 Å². The van der Waals surface area contributed by atoms with Gasteiger partial charge in [0.15, 0.2) is 5.82 Å². The van der Waals surface area contributed by atoms with Crippen molar-refractivity contribution in [2.45, 2.75) is 51.3 Å². The monoisotopic (exact) mass is 461 g/mol. The maximum atomic E-state index is 14.5. The molecule has 0 saturated heterocycles. The first kappa shape index (κ1) is 21.4. The largest absolute Gasteiger partial charge is 0.383 e. The van der Waals surface area contributed by atoms with Crippen LogP contribution in [0.3, 0.4) is 0 Å². The number of benzene rings is 1. The van der Waals surface area contributed by atoms with Crippen molar-refractivity contribution in [3.63, 3.8) is 0 Å². The lowest BCUT2D eigenvalue weighted by molar-refractivity contribution is 0.141. The maximum absolute atomic E-state index is 14.5. The summed E-state index contributed by atoms with van der Waals surface area (Å²) < 4.78 is 14.5. The third-order valence-electron chi connectivity index (χ3n) is 6.72. The van der Waals surface area contributed by atoms with E-state index in [1.807, 2.05) is 17.3 Å². The van der Waals surface area contributed by atoms with Crippen LogP contribution in [-0.4, -0.2) is 38.2 Å². The number of hydrogen-bond acceptors (Lipinski definition) is 8. The Balaban J connectivity index is 1.34. The van der Waals surface area contributed by atoms with Gasteiger partial charge >= 0.3 is 0 Å². The van der Waals surface area contributed by atoms with Gasteiger partial charge < -0.3 is 15.7 Å². The van der Waals surface area contributed by atoms with Crippen molar-refractivity contribution in [1.29, 1.82) is 0 Å². The van der Waals surface area contributed by atoms with Crippen molar-refractivity contribution < 1.29 is 9.50 Å². The molecule has 1 aromatic carbocycles. The Kier molecular flexibility index (Phi) is 5.20. The Morgan fingerprint density at radius 1 is 1.15 bits per heavy atom. The molecule has 3 N–H and O–H groups in total. The Bertz CT molecular complexity index is 1250. The van der Waals surface area contributed by atoms with Crippen LogP contribution in [0.1, 0.15) is 48.6 Å². The van der Waals surface area contributed by atoms with Crippen LogP contribution in [0, 0.1) is 5.82 Å². The number of aromatic nitrogens is 3. The summed E-state index contributed by atoms with van der Waals surface area (Å²) in [5.41, 5.74) is 3.55. The molecule has 6 rings (SSSR count). The standard InChI is InChI=1S/C25H28FN7O/c1-2-11-32-15-18-14-28-24(29-19-4-3-17-13-27-10-7-16(17)12-19)31-23(18)33(32)21-6-5-20(26)22(30-21)25(34)8-9-25/h3-6,12,14,27,34H,2,7-11,13,15H2,1H3,(H,28,29,31). The molecule has 0 radical (unpaired) electrons. The smallest absolute Gasteiger partial charge is 0.229 e. The number of fused-ring (bicyclic) bond motifs is 2. The zero-order valence-electron chi connectivity index (χ0n) is 19.2. The van der Waals surface area contributed by atoms with E-state index in [9.17, 15) is 9.50 Å². The molecule has 9 heteroatoms. The van der Waals surface area contributed by atoms with E-state index in [4.69, 9.17) is 4.98 Å². The molecule has 1 saturated carbocycles.